The van der Waals surface area contributed by atoms with Crippen LogP contribution in [0.2, 0.25) is 0 Å². The minimum atomic E-state index is -3.50. The second-order valence-electron chi connectivity index (χ2n) is 8.47. The highest BCUT2D eigenvalue weighted by molar-refractivity contribution is 7.89. The van der Waals surface area contributed by atoms with E-state index in [2.05, 4.69) is 0 Å². The van der Waals surface area contributed by atoms with E-state index in [1.165, 1.54) is 22.4 Å². The van der Waals surface area contributed by atoms with E-state index in [-0.39, 0.29) is 11.7 Å². The van der Waals surface area contributed by atoms with E-state index in [1.54, 1.807) is 6.07 Å². The van der Waals surface area contributed by atoms with E-state index in [1.807, 2.05) is 29.7 Å². The number of sulfonamides is 1. The molecule has 2 heterocycles. The Kier molecular flexibility index (Phi) is 4.55. The largest absolute Gasteiger partial charge is 0.487 e. The van der Waals surface area contributed by atoms with Crippen LogP contribution < -0.4 is 10.3 Å². The molecule has 3 aliphatic rings. The first-order valence-electron chi connectivity index (χ1n) is 10.4. The first-order chi connectivity index (χ1) is 13.9. The number of pyridine rings is 1. The molecule has 0 N–H and O–H groups in total. The van der Waals surface area contributed by atoms with Crippen molar-refractivity contribution in [1.82, 2.24) is 8.87 Å². The molecule has 6 nitrogen and oxygen atoms in total. The molecular weight excluding hydrogens is 388 g/mol. The number of hydrogen-bond donors (Lipinski definition) is 0. The monoisotopic (exact) mass is 414 g/mol. The summed E-state index contributed by atoms with van der Waals surface area (Å²) in [5.74, 6) is 0.528. The third-order valence-corrected chi connectivity index (χ3v) is 8.05. The predicted octanol–water partition coefficient (Wildman–Crippen LogP) is 2.82. The number of aromatic nitrogens is 1. The second kappa shape index (κ2) is 6.99. The fourth-order valence-corrected chi connectivity index (χ4v) is 5.99. The summed E-state index contributed by atoms with van der Waals surface area (Å²) in [5, 5.41) is 0. The van der Waals surface area contributed by atoms with E-state index < -0.39 is 10.0 Å². The van der Waals surface area contributed by atoms with Crippen LogP contribution >= 0.6 is 0 Å². The number of rotatable bonds is 5. The fourth-order valence-electron chi connectivity index (χ4n) is 4.43. The Bertz CT molecular complexity index is 1110. The van der Waals surface area contributed by atoms with Crippen molar-refractivity contribution < 1.29 is 13.2 Å². The Labute approximate surface area is 171 Å². The second-order valence-corrected chi connectivity index (χ2v) is 10.4. The summed E-state index contributed by atoms with van der Waals surface area (Å²) in [6.45, 7) is 2.54. The van der Waals surface area contributed by atoms with Crippen molar-refractivity contribution in [3.8, 4) is 5.75 Å². The van der Waals surface area contributed by atoms with Crippen LogP contribution in [0.5, 0.6) is 5.75 Å². The minimum Gasteiger partial charge on any atom is -0.487 e. The van der Waals surface area contributed by atoms with Gasteiger partial charge in [-0.25, -0.2) is 8.42 Å². The highest BCUT2D eigenvalue weighted by atomic mass is 32.2. The van der Waals surface area contributed by atoms with Crippen LogP contribution in [-0.2, 0) is 22.9 Å². The summed E-state index contributed by atoms with van der Waals surface area (Å²) in [4.78, 5) is 12.7. The number of ether oxygens (including phenoxy) is 1. The smallest absolute Gasteiger partial charge is 0.254 e. The molecule has 2 aromatic rings. The molecule has 2 fully saturated rings. The van der Waals surface area contributed by atoms with E-state index >= 15 is 0 Å². The number of aryl methyl sites for hydroxylation is 3. The molecule has 1 aromatic heterocycles. The topological polar surface area (TPSA) is 68.6 Å². The Morgan fingerprint density at radius 1 is 1.00 bits per heavy atom. The molecule has 5 rings (SSSR count). The van der Waals surface area contributed by atoms with Gasteiger partial charge in [-0.1, -0.05) is 6.07 Å². The van der Waals surface area contributed by atoms with E-state index in [0.717, 1.165) is 43.4 Å². The van der Waals surface area contributed by atoms with Crippen LogP contribution in [0.3, 0.4) is 0 Å². The van der Waals surface area contributed by atoms with Gasteiger partial charge >= 0.3 is 0 Å². The lowest BCUT2D eigenvalue weighted by Gasteiger charge is -2.38. The van der Waals surface area contributed by atoms with Gasteiger partial charge in [0.05, 0.1) is 18.0 Å². The molecular formula is C22H26N2O4S. The van der Waals surface area contributed by atoms with Gasteiger partial charge in [-0.3, -0.25) is 4.79 Å². The Morgan fingerprint density at radius 2 is 1.72 bits per heavy atom. The summed E-state index contributed by atoms with van der Waals surface area (Å²) in [6, 6.07) is 9.27. The average Bonchev–Trinajstić information content (AvgIpc) is 3.48. The molecule has 2 aliphatic carbocycles. The molecule has 154 valence electrons. The molecule has 0 amide bonds. The van der Waals surface area contributed by atoms with Crippen LogP contribution in [-0.4, -0.2) is 36.5 Å². The maximum atomic E-state index is 13.0. The van der Waals surface area contributed by atoms with E-state index in [9.17, 15) is 13.2 Å². The van der Waals surface area contributed by atoms with Gasteiger partial charge in [-0.2, -0.15) is 4.31 Å². The van der Waals surface area contributed by atoms with Gasteiger partial charge in [0.1, 0.15) is 11.9 Å². The fraction of sp³-hybridized carbons (Fsp3) is 0.500. The molecule has 7 heteroatoms. The quantitative estimate of drug-likeness (QED) is 0.755. The van der Waals surface area contributed by atoms with Gasteiger partial charge in [0.2, 0.25) is 10.0 Å². The lowest BCUT2D eigenvalue weighted by atomic mass is 9.92. The zero-order valence-corrected chi connectivity index (χ0v) is 17.5. The lowest BCUT2D eigenvalue weighted by Crippen LogP contribution is -2.56. The third kappa shape index (κ3) is 3.51. The molecule has 1 saturated heterocycles. The molecule has 1 aromatic carbocycles. The molecule has 0 atom stereocenters. The minimum absolute atomic E-state index is 0.0413. The Hall–Kier alpha value is -2.12. The number of nitrogens with zero attached hydrogens (tertiary/aromatic N) is 2. The predicted molar refractivity (Wildman–Crippen MR) is 110 cm³/mol. The van der Waals surface area contributed by atoms with Crippen molar-refractivity contribution in [2.24, 2.45) is 0 Å². The van der Waals surface area contributed by atoms with E-state index in [0.29, 0.717) is 29.8 Å². The van der Waals surface area contributed by atoms with Gasteiger partial charge in [-0.15, -0.1) is 0 Å². The Balaban J connectivity index is 1.26. The standard InChI is InChI=1S/C22H26N2O4S/c1-15-10-19(12-22(25)24(15)18-7-8-18)28-20-13-23(14-20)29(26,27)21-9-6-16-4-2-3-5-17(16)11-21/h6,9-12,18,20H,2-5,7-8,13-14H2,1H3. The first-order valence-corrected chi connectivity index (χ1v) is 11.9. The number of benzene rings is 1. The lowest BCUT2D eigenvalue weighted by molar-refractivity contribution is 0.0758. The van der Waals surface area contributed by atoms with Gasteiger partial charge in [0, 0.05) is 17.8 Å². The van der Waals surface area contributed by atoms with Crippen molar-refractivity contribution in [3.05, 3.63) is 57.5 Å². The normalized spacial score (nSPS) is 20.2. The molecule has 0 unspecified atom stereocenters. The highest BCUT2D eigenvalue weighted by Gasteiger charge is 2.38. The van der Waals surface area contributed by atoms with Crippen molar-refractivity contribution in [1.29, 1.82) is 0 Å². The molecule has 1 aliphatic heterocycles. The summed E-state index contributed by atoms with van der Waals surface area (Å²) in [7, 11) is -3.50. The first kappa shape index (κ1) is 18.9. The maximum absolute atomic E-state index is 13.0. The van der Waals surface area contributed by atoms with Gasteiger partial charge in [0.15, 0.2) is 0 Å². The van der Waals surface area contributed by atoms with Crippen molar-refractivity contribution >= 4 is 10.0 Å². The molecule has 29 heavy (non-hydrogen) atoms. The van der Waals surface area contributed by atoms with Gasteiger partial charge < -0.3 is 9.30 Å². The SMILES string of the molecule is Cc1cc(OC2CN(S(=O)(=O)c3ccc4c(c3)CCCC4)C2)cc(=O)n1C1CC1. The average molecular weight is 415 g/mol. The summed E-state index contributed by atoms with van der Waals surface area (Å²) >= 11 is 0. The number of hydrogen-bond acceptors (Lipinski definition) is 4. The maximum Gasteiger partial charge on any atom is 0.254 e. The molecule has 1 saturated carbocycles. The molecule has 0 spiro atoms. The molecule has 0 radical (unpaired) electrons. The summed E-state index contributed by atoms with van der Waals surface area (Å²) in [6.07, 6.45) is 6.17. The van der Waals surface area contributed by atoms with Crippen LogP contribution in [0.4, 0.5) is 0 Å². The van der Waals surface area contributed by atoms with Crippen molar-refractivity contribution in [3.63, 3.8) is 0 Å². The van der Waals surface area contributed by atoms with Crippen molar-refractivity contribution in [2.45, 2.75) is 62.5 Å². The van der Waals surface area contributed by atoms with Gasteiger partial charge in [-0.05, 0) is 74.8 Å². The summed E-state index contributed by atoms with van der Waals surface area (Å²) < 4.78 is 35.1. The van der Waals surface area contributed by atoms with Gasteiger partial charge in [0.25, 0.3) is 5.56 Å². The van der Waals surface area contributed by atoms with Crippen LogP contribution in [0.15, 0.2) is 40.0 Å². The van der Waals surface area contributed by atoms with Crippen LogP contribution in [0, 0.1) is 6.92 Å². The van der Waals surface area contributed by atoms with Crippen LogP contribution in [0.1, 0.15) is 48.5 Å². The third-order valence-electron chi connectivity index (χ3n) is 6.22. The highest BCUT2D eigenvalue weighted by Crippen LogP contribution is 2.35. The molecule has 0 bridgehead atoms. The zero-order chi connectivity index (χ0) is 20.2. The summed E-state index contributed by atoms with van der Waals surface area (Å²) in [5.41, 5.74) is 3.29. The zero-order valence-electron chi connectivity index (χ0n) is 16.6. The van der Waals surface area contributed by atoms with Crippen LogP contribution in [0.25, 0.3) is 0 Å². The number of fused-ring (bicyclic) bond motifs is 1. The Morgan fingerprint density at radius 3 is 2.41 bits per heavy atom. The van der Waals surface area contributed by atoms with E-state index in [4.69, 9.17) is 4.74 Å². The van der Waals surface area contributed by atoms with Crippen molar-refractivity contribution in [2.75, 3.05) is 13.1 Å².